The topological polar surface area (TPSA) is 84.0 Å². The van der Waals surface area contributed by atoms with E-state index in [9.17, 15) is 9.59 Å². The first-order valence-electron chi connectivity index (χ1n) is 7.99. The van der Waals surface area contributed by atoms with Crippen molar-refractivity contribution in [3.05, 3.63) is 40.6 Å². The first-order valence-corrected chi connectivity index (χ1v) is 8.81. The smallest absolute Gasteiger partial charge is 0.289 e. The normalized spacial score (nSPS) is 15.1. The predicted molar refractivity (Wildman–Crippen MR) is 90.9 cm³/mol. The Morgan fingerprint density at radius 1 is 1.08 bits per heavy atom. The number of aromatic nitrogens is 3. The highest BCUT2D eigenvalue weighted by atomic mass is 32.1. The molecule has 0 aromatic carbocycles. The summed E-state index contributed by atoms with van der Waals surface area (Å²) in [7, 11) is 0. The van der Waals surface area contributed by atoms with Crippen LogP contribution in [0.25, 0.3) is 4.96 Å². The zero-order valence-electron chi connectivity index (χ0n) is 13.9. The summed E-state index contributed by atoms with van der Waals surface area (Å²) in [4.78, 5) is 30.1. The highest BCUT2D eigenvalue weighted by molar-refractivity contribution is 7.19. The van der Waals surface area contributed by atoms with E-state index in [1.165, 1.54) is 17.6 Å². The van der Waals surface area contributed by atoms with Gasteiger partial charge in [0.15, 0.2) is 5.76 Å². The molecule has 0 saturated carbocycles. The molecule has 0 radical (unpaired) electrons. The lowest BCUT2D eigenvalue weighted by molar-refractivity contribution is 0.0520. The summed E-state index contributed by atoms with van der Waals surface area (Å²) in [5, 5.41) is 8.12. The summed E-state index contributed by atoms with van der Waals surface area (Å²) in [6, 6.07) is 3.35. The highest BCUT2D eigenvalue weighted by Crippen LogP contribution is 2.24. The molecule has 3 aromatic heterocycles. The number of rotatable bonds is 2. The molecule has 0 unspecified atom stereocenters. The van der Waals surface area contributed by atoms with Crippen molar-refractivity contribution in [1.82, 2.24) is 24.4 Å². The maximum Gasteiger partial charge on any atom is 0.289 e. The Morgan fingerprint density at radius 2 is 1.76 bits per heavy atom. The SMILES string of the molecule is Cc1nnc2sc(C(=O)N3CCN(C(=O)c4ccco4)CC3)c(C)n12. The molecule has 0 bridgehead atoms. The second-order valence-corrected chi connectivity index (χ2v) is 6.92. The van der Waals surface area contributed by atoms with E-state index in [4.69, 9.17) is 4.42 Å². The Hall–Kier alpha value is -2.68. The van der Waals surface area contributed by atoms with Gasteiger partial charge in [-0.15, -0.1) is 10.2 Å². The van der Waals surface area contributed by atoms with Crippen molar-refractivity contribution in [1.29, 1.82) is 0 Å². The average Bonchev–Trinajstić information content (AvgIpc) is 3.34. The number of nitrogens with zero attached hydrogens (tertiary/aromatic N) is 5. The third-order valence-electron chi connectivity index (χ3n) is 4.43. The van der Waals surface area contributed by atoms with Gasteiger partial charge in [-0.05, 0) is 26.0 Å². The van der Waals surface area contributed by atoms with Gasteiger partial charge < -0.3 is 14.2 Å². The molecule has 9 heteroatoms. The molecule has 1 aliphatic heterocycles. The fourth-order valence-corrected chi connectivity index (χ4v) is 4.15. The van der Waals surface area contributed by atoms with Gasteiger partial charge in [-0.25, -0.2) is 0 Å². The van der Waals surface area contributed by atoms with Gasteiger partial charge in [0.1, 0.15) is 10.7 Å². The monoisotopic (exact) mass is 359 g/mol. The molecule has 0 spiro atoms. The van der Waals surface area contributed by atoms with Crippen LogP contribution in [-0.2, 0) is 0 Å². The van der Waals surface area contributed by atoms with E-state index in [0.717, 1.165) is 16.5 Å². The Kier molecular flexibility index (Phi) is 3.79. The second-order valence-electron chi connectivity index (χ2n) is 5.94. The first kappa shape index (κ1) is 15.8. The van der Waals surface area contributed by atoms with Crippen molar-refractivity contribution in [2.24, 2.45) is 0 Å². The molecule has 0 aliphatic carbocycles. The number of piperazine rings is 1. The van der Waals surface area contributed by atoms with E-state index in [0.29, 0.717) is 36.8 Å². The lowest BCUT2D eigenvalue weighted by Crippen LogP contribution is -2.50. The van der Waals surface area contributed by atoms with Crippen molar-refractivity contribution in [2.45, 2.75) is 13.8 Å². The Morgan fingerprint density at radius 3 is 2.36 bits per heavy atom. The molecule has 1 saturated heterocycles. The van der Waals surface area contributed by atoms with Crippen LogP contribution in [0.5, 0.6) is 0 Å². The molecule has 0 N–H and O–H groups in total. The van der Waals surface area contributed by atoms with Gasteiger partial charge >= 0.3 is 0 Å². The third kappa shape index (κ3) is 2.60. The quantitative estimate of drug-likeness (QED) is 0.694. The van der Waals surface area contributed by atoms with Gasteiger partial charge in [-0.1, -0.05) is 11.3 Å². The van der Waals surface area contributed by atoms with Crippen molar-refractivity contribution < 1.29 is 14.0 Å². The molecule has 8 nitrogen and oxygen atoms in total. The molecule has 4 rings (SSSR count). The first-order chi connectivity index (χ1) is 12.1. The van der Waals surface area contributed by atoms with Crippen molar-refractivity contribution in [3.8, 4) is 0 Å². The van der Waals surface area contributed by atoms with Gasteiger partial charge in [0, 0.05) is 31.9 Å². The van der Waals surface area contributed by atoms with Crippen LogP contribution < -0.4 is 0 Å². The van der Waals surface area contributed by atoms with E-state index in [1.54, 1.807) is 21.9 Å². The molecule has 1 fully saturated rings. The van der Waals surface area contributed by atoms with E-state index in [-0.39, 0.29) is 11.8 Å². The van der Waals surface area contributed by atoms with E-state index < -0.39 is 0 Å². The average molecular weight is 359 g/mol. The van der Waals surface area contributed by atoms with Crippen molar-refractivity contribution in [2.75, 3.05) is 26.2 Å². The zero-order valence-corrected chi connectivity index (χ0v) is 14.7. The maximum atomic E-state index is 12.9. The minimum Gasteiger partial charge on any atom is -0.459 e. The Bertz CT molecular complexity index is 935. The van der Waals surface area contributed by atoms with Gasteiger partial charge in [0.05, 0.1) is 6.26 Å². The standard InChI is InChI=1S/C16H17N5O3S/c1-10-13(25-16-18-17-11(2)21(10)16)15(23)20-7-5-19(6-8-20)14(22)12-4-3-9-24-12/h3-4,9H,5-8H2,1-2H3. The van der Waals surface area contributed by atoms with Crippen LogP contribution in [0.2, 0.25) is 0 Å². The lowest BCUT2D eigenvalue weighted by atomic mass is 10.2. The van der Waals surface area contributed by atoms with Gasteiger partial charge in [-0.3, -0.25) is 14.0 Å². The van der Waals surface area contributed by atoms with Crippen LogP contribution in [0.3, 0.4) is 0 Å². The molecule has 3 aromatic rings. The Labute approximate surface area is 147 Å². The summed E-state index contributed by atoms with van der Waals surface area (Å²) in [5.74, 6) is 0.955. The predicted octanol–water partition coefficient (Wildman–Crippen LogP) is 1.60. The van der Waals surface area contributed by atoms with Crippen LogP contribution in [0.4, 0.5) is 0 Å². The number of hydrogen-bond acceptors (Lipinski definition) is 6. The number of furan rings is 1. The Balaban J connectivity index is 1.47. The number of amides is 2. The van der Waals surface area contributed by atoms with Crippen LogP contribution >= 0.6 is 11.3 Å². The fourth-order valence-electron chi connectivity index (χ4n) is 3.07. The van der Waals surface area contributed by atoms with Crippen molar-refractivity contribution >= 4 is 28.1 Å². The van der Waals surface area contributed by atoms with Crippen LogP contribution in [0.1, 0.15) is 31.7 Å². The number of hydrogen-bond donors (Lipinski definition) is 0. The number of thiazole rings is 1. The number of aryl methyl sites for hydroxylation is 2. The lowest BCUT2D eigenvalue weighted by Gasteiger charge is -2.34. The largest absolute Gasteiger partial charge is 0.459 e. The number of fused-ring (bicyclic) bond motifs is 1. The van der Waals surface area contributed by atoms with Crippen LogP contribution in [0, 0.1) is 13.8 Å². The summed E-state index contributed by atoms with van der Waals surface area (Å²) < 4.78 is 7.06. The summed E-state index contributed by atoms with van der Waals surface area (Å²) in [6.45, 7) is 5.77. The summed E-state index contributed by atoms with van der Waals surface area (Å²) >= 11 is 1.35. The van der Waals surface area contributed by atoms with Gasteiger partial charge in [0.25, 0.3) is 11.8 Å². The van der Waals surface area contributed by atoms with E-state index >= 15 is 0 Å². The molecule has 1 aliphatic rings. The molecular weight excluding hydrogens is 342 g/mol. The highest BCUT2D eigenvalue weighted by Gasteiger charge is 2.29. The number of carbonyl (C=O) groups excluding carboxylic acids is 2. The van der Waals surface area contributed by atoms with E-state index in [2.05, 4.69) is 10.2 Å². The molecule has 4 heterocycles. The van der Waals surface area contributed by atoms with E-state index in [1.807, 2.05) is 18.2 Å². The summed E-state index contributed by atoms with van der Waals surface area (Å²) in [6.07, 6.45) is 1.49. The van der Waals surface area contributed by atoms with Crippen molar-refractivity contribution in [3.63, 3.8) is 0 Å². The molecule has 2 amide bonds. The van der Waals surface area contributed by atoms with Gasteiger partial charge in [0.2, 0.25) is 4.96 Å². The minimum absolute atomic E-state index is 0.0162. The fraction of sp³-hybridized carbons (Fsp3) is 0.375. The molecule has 130 valence electrons. The zero-order chi connectivity index (χ0) is 17.6. The molecule has 25 heavy (non-hydrogen) atoms. The van der Waals surface area contributed by atoms with Gasteiger partial charge in [-0.2, -0.15) is 0 Å². The minimum atomic E-state index is -0.135. The summed E-state index contributed by atoms with van der Waals surface area (Å²) in [5.41, 5.74) is 0.863. The third-order valence-corrected chi connectivity index (χ3v) is 5.55. The molecule has 0 atom stereocenters. The van der Waals surface area contributed by atoms with Crippen LogP contribution in [-0.4, -0.2) is 62.4 Å². The second kappa shape index (κ2) is 5.99. The molecular formula is C16H17N5O3S. The maximum absolute atomic E-state index is 12.9. The number of carbonyl (C=O) groups is 2. The van der Waals surface area contributed by atoms with Crippen LogP contribution in [0.15, 0.2) is 22.8 Å².